The van der Waals surface area contributed by atoms with Crippen LogP contribution in [0.5, 0.6) is 0 Å². The maximum absolute atomic E-state index is 10.2. The van der Waals surface area contributed by atoms with Crippen LogP contribution in [0.2, 0.25) is 5.02 Å². The number of H-pyrrole nitrogens is 1. The summed E-state index contributed by atoms with van der Waals surface area (Å²) in [6.07, 6.45) is 2.36. The zero-order valence-electron chi connectivity index (χ0n) is 10.8. The largest absolute Gasteiger partial charge is 0.373 e. The third kappa shape index (κ3) is 2.56. The fourth-order valence-electron chi connectivity index (χ4n) is 2.12. The second kappa shape index (κ2) is 5.28. The average Bonchev–Trinajstić information content (AvgIpc) is 3.07. The molecule has 104 valence electrons. The molecule has 0 fully saturated rings. The molecule has 1 aromatic carbocycles. The van der Waals surface area contributed by atoms with Gasteiger partial charge in [0.15, 0.2) is 0 Å². The van der Waals surface area contributed by atoms with Gasteiger partial charge < -0.3 is 14.6 Å². The Morgan fingerprint density at radius 3 is 3.00 bits per heavy atom. The number of fused-ring (bicyclic) bond motifs is 1. The van der Waals surface area contributed by atoms with Crippen LogP contribution in [0.25, 0.3) is 10.9 Å². The molecule has 0 amide bonds. The predicted molar refractivity (Wildman–Crippen MR) is 76.3 cm³/mol. The number of hydrogen-bond donors (Lipinski definition) is 3. The first kappa shape index (κ1) is 13.2. The Hall–Kier alpha value is -1.82. The van der Waals surface area contributed by atoms with Gasteiger partial charge in [0, 0.05) is 27.5 Å². The van der Waals surface area contributed by atoms with Crippen molar-refractivity contribution in [3.63, 3.8) is 0 Å². The lowest BCUT2D eigenvalue weighted by Crippen LogP contribution is -2.24. The molecule has 2 aromatic heterocycles. The number of benzene rings is 1. The standard InChI is InChI=1S/C14H14ClN3O2/c1-8(10-6-16-20-7-10)17-14(19)13-5-9-4-11(15)2-3-12(9)18-13/h2-8,14,17-19H,1H3. The van der Waals surface area contributed by atoms with Gasteiger partial charge >= 0.3 is 0 Å². The van der Waals surface area contributed by atoms with Crippen LogP contribution in [0, 0.1) is 0 Å². The lowest BCUT2D eigenvalue weighted by Gasteiger charge is -2.16. The van der Waals surface area contributed by atoms with Crippen LogP contribution in [0.3, 0.4) is 0 Å². The average molecular weight is 292 g/mol. The second-order valence-corrected chi connectivity index (χ2v) is 5.14. The molecule has 0 radical (unpaired) electrons. The van der Waals surface area contributed by atoms with Gasteiger partial charge in [-0.15, -0.1) is 0 Å². The van der Waals surface area contributed by atoms with Crippen molar-refractivity contribution in [1.82, 2.24) is 15.5 Å². The van der Waals surface area contributed by atoms with E-state index in [4.69, 9.17) is 16.1 Å². The Balaban J connectivity index is 1.80. The van der Waals surface area contributed by atoms with Crippen molar-refractivity contribution >= 4 is 22.5 Å². The van der Waals surface area contributed by atoms with E-state index in [2.05, 4.69) is 15.5 Å². The Kier molecular flexibility index (Phi) is 3.48. The van der Waals surface area contributed by atoms with Crippen LogP contribution in [0.4, 0.5) is 0 Å². The number of halogens is 1. The molecule has 3 aromatic rings. The van der Waals surface area contributed by atoms with Crippen molar-refractivity contribution in [3.8, 4) is 0 Å². The molecule has 3 N–H and O–H groups in total. The molecule has 2 unspecified atom stereocenters. The van der Waals surface area contributed by atoms with E-state index in [0.717, 1.165) is 16.5 Å². The summed E-state index contributed by atoms with van der Waals surface area (Å²) in [6.45, 7) is 1.93. The summed E-state index contributed by atoms with van der Waals surface area (Å²) in [6, 6.07) is 7.35. The minimum absolute atomic E-state index is 0.0775. The number of nitrogens with one attached hydrogen (secondary N) is 2. The molecule has 0 aliphatic heterocycles. The maximum Gasteiger partial charge on any atom is 0.146 e. The van der Waals surface area contributed by atoms with Crippen LogP contribution in [0.15, 0.2) is 41.2 Å². The third-order valence-corrected chi connectivity index (χ3v) is 3.49. The summed E-state index contributed by atoms with van der Waals surface area (Å²) in [4.78, 5) is 3.16. The Morgan fingerprint density at radius 2 is 2.25 bits per heavy atom. The molecule has 5 nitrogen and oxygen atoms in total. The summed E-state index contributed by atoms with van der Waals surface area (Å²) >= 11 is 5.95. The maximum atomic E-state index is 10.2. The molecule has 3 rings (SSSR count). The van der Waals surface area contributed by atoms with E-state index in [-0.39, 0.29) is 6.04 Å². The van der Waals surface area contributed by atoms with Crippen LogP contribution < -0.4 is 5.32 Å². The Labute approximate surface area is 120 Å². The van der Waals surface area contributed by atoms with Crippen molar-refractivity contribution in [2.24, 2.45) is 0 Å². The number of aromatic nitrogens is 2. The van der Waals surface area contributed by atoms with Crippen molar-refractivity contribution in [3.05, 3.63) is 53.0 Å². The predicted octanol–water partition coefficient (Wildman–Crippen LogP) is 3.15. The molecule has 2 atom stereocenters. The molecular formula is C14H14ClN3O2. The van der Waals surface area contributed by atoms with Crippen LogP contribution in [-0.4, -0.2) is 15.2 Å². The molecule has 0 aliphatic carbocycles. The van der Waals surface area contributed by atoms with Gasteiger partial charge in [0.25, 0.3) is 0 Å². The highest BCUT2D eigenvalue weighted by Gasteiger charge is 2.15. The first-order chi connectivity index (χ1) is 9.63. The zero-order valence-corrected chi connectivity index (χ0v) is 11.6. The topological polar surface area (TPSA) is 74.1 Å². The van der Waals surface area contributed by atoms with E-state index in [0.29, 0.717) is 10.7 Å². The molecule has 0 saturated heterocycles. The van der Waals surface area contributed by atoms with E-state index < -0.39 is 6.23 Å². The molecule has 0 bridgehead atoms. The number of hydrogen-bond acceptors (Lipinski definition) is 4. The monoisotopic (exact) mass is 291 g/mol. The molecule has 20 heavy (non-hydrogen) atoms. The van der Waals surface area contributed by atoms with E-state index in [1.807, 2.05) is 31.2 Å². The van der Waals surface area contributed by atoms with Gasteiger partial charge in [-0.05, 0) is 31.2 Å². The highest BCUT2D eigenvalue weighted by molar-refractivity contribution is 6.31. The quantitative estimate of drug-likeness (QED) is 0.646. The highest BCUT2D eigenvalue weighted by atomic mass is 35.5. The normalized spacial score (nSPS) is 14.6. The van der Waals surface area contributed by atoms with Gasteiger partial charge in [-0.25, -0.2) is 0 Å². The summed E-state index contributed by atoms with van der Waals surface area (Å²) in [5.74, 6) is 0. The van der Waals surface area contributed by atoms with Crippen molar-refractivity contribution in [2.45, 2.75) is 19.2 Å². The summed E-state index contributed by atoms with van der Waals surface area (Å²) in [5, 5.41) is 18.6. The Bertz CT molecular complexity index is 708. The third-order valence-electron chi connectivity index (χ3n) is 3.26. The molecule has 0 aliphatic rings. The van der Waals surface area contributed by atoms with Gasteiger partial charge in [-0.2, -0.15) is 0 Å². The lowest BCUT2D eigenvalue weighted by molar-refractivity contribution is 0.122. The van der Waals surface area contributed by atoms with Crippen LogP contribution in [0.1, 0.15) is 30.5 Å². The first-order valence-electron chi connectivity index (χ1n) is 6.25. The van der Waals surface area contributed by atoms with Gasteiger partial charge in [0.1, 0.15) is 12.5 Å². The van der Waals surface area contributed by atoms with Crippen molar-refractivity contribution in [2.75, 3.05) is 0 Å². The lowest BCUT2D eigenvalue weighted by atomic mass is 10.2. The van der Waals surface area contributed by atoms with E-state index in [9.17, 15) is 5.11 Å². The minimum Gasteiger partial charge on any atom is -0.373 e. The fraction of sp³-hybridized carbons (Fsp3) is 0.214. The summed E-state index contributed by atoms with van der Waals surface area (Å²) in [7, 11) is 0. The van der Waals surface area contributed by atoms with Gasteiger partial charge in [-0.1, -0.05) is 16.8 Å². The number of aliphatic hydroxyl groups is 1. The minimum atomic E-state index is -0.814. The smallest absolute Gasteiger partial charge is 0.146 e. The molecular weight excluding hydrogens is 278 g/mol. The fourth-order valence-corrected chi connectivity index (χ4v) is 2.30. The zero-order chi connectivity index (χ0) is 14.1. The number of nitrogens with zero attached hydrogens (tertiary/aromatic N) is 1. The number of aromatic amines is 1. The second-order valence-electron chi connectivity index (χ2n) is 4.70. The SMILES string of the molecule is CC(NC(O)c1cc2cc(Cl)ccc2[nH]1)c1cnoc1. The van der Waals surface area contributed by atoms with E-state index >= 15 is 0 Å². The molecule has 6 heteroatoms. The highest BCUT2D eigenvalue weighted by Crippen LogP contribution is 2.24. The van der Waals surface area contributed by atoms with Crippen molar-refractivity contribution < 1.29 is 9.63 Å². The molecule has 2 heterocycles. The first-order valence-corrected chi connectivity index (χ1v) is 6.63. The molecule has 0 saturated carbocycles. The van der Waals surface area contributed by atoms with Crippen LogP contribution >= 0.6 is 11.6 Å². The Morgan fingerprint density at radius 1 is 1.40 bits per heavy atom. The van der Waals surface area contributed by atoms with E-state index in [1.54, 1.807) is 12.5 Å². The van der Waals surface area contributed by atoms with Crippen molar-refractivity contribution in [1.29, 1.82) is 0 Å². The van der Waals surface area contributed by atoms with Gasteiger partial charge in [-0.3, -0.25) is 5.32 Å². The summed E-state index contributed by atoms with van der Waals surface area (Å²) < 4.78 is 4.79. The molecule has 0 spiro atoms. The van der Waals surface area contributed by atoms with E-state index in [1.165, 1.54) is 0 Å². The van der Waals surface area contributed by atoms with Gasteiger partial charge in [0.05, 0.1) is 11.9 Å². The van der Waals surface area contributed by atoms with Crippen LogP contribution in [-0.2, 0) is 0 Å². The summed E-state index contributed by atoms with van der Waals surface area (Å²) in [5.41, 5.74) is 2.50. The number of rotatable bonds is 4. The van der Waals surface area contributed by atoms with Gasteiger partial charge in [0.2, 0.25) is 0 Å². The number of aliphatic hydroxyl groups excluding tert-OH is 1.